The molecule has 0 heterocycles. The fourth-order valence-corrected chi connectivity index (χ4v) is 0.859. The van der Waals surface area contributed by atoms with Crippen molar-refractivity contribution in [2.75, 3.05) is 0 Å². The molecule has 0 spiro atoms. The number of hydrogen-bond acceptors (Lipinski definition) is 0. The molecule has 0 bridgehead atoms. The van der Waals surface area contributed by atoms with Crippen LogP contribution in [0, 0.1) is 0 Å². The second kappa shape index (κ2) is 7.56. The number of hydrogen-bond donors (Lipinski definition) is 0. The van der Waals surface area contributed by atoms with E-state index in [9.17, 15) is 0 Å². The fraction of sp³-hybridized carbons (Fsp3) is 1.00. The zero-order valence-electron chi connectivity index (χ0n) is 7.04. The lowest BCUT2D eigenvalue weighted by Crippen LogP contribution is -2.44. The Balaban J connectivity index is 3.30. The van der Waals surface area contributed by atoms with Crippen molar-refractivity contribution in [3.8, 4) is 0 Å². The summed E-state index contributed by atoms with van der Waals surface area (Å²) in [5.41, 5.74) is 0. The van der Waals surface area contributed by atoms with E-state index in [1.165, 1.54) is 0 Å². The summed E-state index contributed by atoms with van der Waals surface area (Å²) >= 11 is 0. The van der Waals surface area contributed by atoms with Gasteiger partial charge in [0.2, 0.25) is 0 Å². The van der Waals surface area contributed by atoms with Crippen molar-refractivity contribution < 1.29 is 0 Å². The predicted molar refractivity (Wildman–Crippen MR) is 57.9 cm³/mol. The topological polar surface area (TPSA) is 0 Å². The molecule has 0 saturated carbocycles. The minimum atomic E-state index is 0.486. The second-order valence-corrected chi connectivity index (χ2v) is 2.15. The molecule has 0 aromatic heterocycles. The monoisotopic (exact) mass is 122 g/mol. The quantitative estimate of drug-likeness (QED) is 0.399. The minimum Gasteiger partial charge on any atom is -0.101 e. The lowest BCUT2D eigenvalue weighted by molar-refractivity contribution is 2.36. The Hall–Kier alpha value is 0.455. The first-order valence-electron chi connectivity index (χ1n) is 3.73. The molecule has 42 valence electrons. The average molecular weight is 121 g/mol. The van der Waals surface area contributed by atoms with Crippen LogP contribution in [0.25, 0.3) is 0 Å². The van der Waals surface area contributed by atoms with Crippen molar-refractivity contribution in [3.05, 3.63) is 0 Å². The van der Waals surface area contributed by atoms with Crippen LogP contribution < -0.4 is 0 Å². The molecule has 0 aliphatic rings. The average Bonchev–Trinajstić information content (AvgIpc) is 1.90. The molecule has 0 atom stereocenters. The van der Waals surface area contributed by atoms with Gasteiger partial charge in [0, 0.05) is 27.6 Å². The Morgan fingerprint density at radius 1 is 0.700 bits per heavy atom. The van der Waals surface area contributed by atoms with Crippen molar-refractivity contribution in [1.29, 1.82) is 0 Å². The van der Waals surface area contributed by atoms with E-state index < -0.39 is 0 Å². The maximum absolute atomic E-state index is 2.17. The van der Waals surface area contributed by atoms with Gasteiger partial charge in [0.25, 0.3) is 0 Å². The smallest absolute Gasteiger partial charge is 0.0502 e. The molecular formula is C3H9B7. The van der Waals surface area contributed by atoms with Crippen LogP contribution in [0.15, 0.2) is 0 Å². The first kappa shape index (κ1) is 10.5. The Kier molecular flexibility index (Phi) is 7.90. The van der Waals surface area contributed by atoms with Gasteiger partial charge >= 0.3 is 0 Å². The molecule has 0 N–H and O–H groups in total. The summed E-state index contributed by atoms with van der Waals surface area (Å²) in [4.78, 5) is 0. The molecule has 0 amide bonds. The summed E-state index contributed by atoms with van der Waals surface area (Å²) in [5.74, 6) is 0. The third kappa shape index (κ3) is 5.26. The van der Waals surface area contributed by atoms with E-state index >= 15 is 0 Å². The highest BCUT2D eigenvalue weighted by molar-refractivity contribution is 7.78. The SMILES string of the molecule is C[B][B]B([B][B]C)[B][B]C. The van der Waals surface area contributed by atoms with Gasteiger partial charge in [-0.15, -0.1) is 20.5 Å². The Morgan fingerprint density at radius 2 is 1.00 bits per heavy atom. The van der Waals surface area contributed by atoms with Crippen molar-refractivity contribution in [2.45, 2.75) is 20.5 Å². The van der Waals surface area contributed by atoms with Crippen LogP contribution in [0.5, 0.6) is 0 Å². The largest absolute Gasteiger partial charge is 0.101 e. The molecule has 0 unspecified atom stereocenters. The highest BCUT2D eigenvalue weighted by atomic mass is 13.0. The van der Waals surface area contributed by atoms with Gasteiger partial charge in [0.15, 0.2) is 0 Å². The van der Waals surface area contributed by atoms with Crippen LogP contribution in [0.1, 0.15) is 0 Å². The van der Waals surface area contributed by atoms with Crippen molar-refractivity contribution in [1.82, 2.24) is 0 Å². The molecule has 0 rings (SSSR count). The van der Waals surface area contributed by atoms with Crippen LogP contribution in [-0.2, 0) is 0 Å². The van der Waals surface area contributed by atoms with E-state index in [0.29, 0.717) is 6.39 Å². The third-order valence-electron chi connectivity index (χ3n) is 1.24. The van der Waals surface area contributed by atoms with Gasteiger partial charge in [-0.05, 0) is 0 Å². The van der Waals surface area contributed by atoms with Crippen LogP contribution >= 0.6 is 0 Å². The zero-order chi connectivity index (χ0) is 7.82. The van der Waals surface area contributed by atoms with E-state index in [4.69, 9.17) is 0 Å². The molecule has 0 aliphatic carbocycles. The standard InChI is InChI=1S/C3H9B7/c1-4-7-10(8-5-2)9-6-3/h1-3H3. The maximum atomic E-state index is 2.17. The molecular weight excluding hydrogens is 112 g/mol. The van der Waals surface area contributed by atoms with E-state index in [1.54, 1.807) is 0 Å². The van der Waals surface area contributed by atoms with E-state index in [1.807, 2.05) is 20.5 Å². The minimum absolute atomic E-state index is 0.486. The highest BCUT2D eigenvalue weighted by Crippen LogP contribution is 1.74. The van der Waals surface area contributed by atoms with Gasteiger partial charge in [-0.3, -0.25) is 0 Å². The zero-order valence-corrected chi connectivity index (χ0v) is 7.04. The normalized spacial score (nSPS) is 7.50. The first-order chi connectivity index (χ1) is 4.85. The van der Waals surface area contributed by atoms with Crippen LogP contribution in [0.4, 0.5) is 0 Å². The van der Waals surface area contributed by atoms with Crippen LogP contribution in [-0.4, -0.2) is 49.1 Å². The summed E-state index contributed by atoms with van der Waals surface area (Å²) in [6, 6.07) is 0. The molecule has 0 aliphatic heterocycles. The molecule has 7 heteroatoms. The van der Waals surface area contributed by atoms with Gasteiger partial charge in [-0.1, -0.05) is 0 Å². The van der Waals surface area contributed by atoms with Crippen molar-refractivity contribution in [2.24, 2.45) is 0 Å². The summed E-state index contributed by atoms with van der Waals surface area (Å²) in [6.45, 7) is 6.12. The van der Waals surface area contributed by atoms with Crippen LogP contribution in [0.2, 0.25) is 20.5 Å². The van der Waals surface area contributed by atoms with Crippen molar-refractivity contribution in [3.63, 3.8) is 0 Å². The molecule has 0 saturated heterocycles. The van der Waals surface area contributed by atoms with Gasteiger partial charge < -0.3 is 0 Å². The Morgan fingerprint density at radius 3 is 1.20 bits per heavy atom. The molecule has 0 fully saturated rings. The summed E-state index contributed by atoms with van der Waals surface area (Å²) in [6.07, 6.45) is 0.486. The lowest BCUT2D eigenvalue weighted by Gasteiger charge is -2.06. The van der Waals surface area contributed by atoms with E-state index in [-0.39, 0.29) is 0 Å². The summed E-state index contributed by atoms with van der Waals surface area (Å²) < 4.78 is 0. The number of rotatable bonds is 6. The van der Waals surface area contributed by atoms with Gasteiger partial charge in [0.1, 0.15) is 0 Å². The Labute approximate surface area is 70.1 Å². The molecule has 0 nitrogen and oxygen atoms in total. The van der Waals surface area contributed by atoms with Crippen LogP contribution in [0.3, 0.4) is 0 Å². The molecule has 6 radical (unpaired) electrons. The maximum Gasteiger partial charge on any atom is 0.0502 e. The highest BCUT2D eigenvalue weighted by Gasteiger charge is 2.09. The third-order valence-corrected chi connectivity index (χ3v) is 1.24. The Bertz CT molecular complexity index is 51.6. The second-order valence-electron chi connectivity index (χ2n) is 2.15. The molecule has 10 heavy (non-hydrogen) atoms. The van der Waals surface area contributed by atoms with E-state index in [0.717, 1.165) is 0 Å². The van der Waals surface area contributed by atoms with Gasteiger partial charge in [0.05, 0.1) is 21.5 Å². The fourth-order valence-electron chi connectivity index (χ4n) is 0.859. The van der Waals surface area contributed by atoms with Gasteiger partial charge in [-0.2, -0.15) is 0 Å². The summed E-state index contributed by atoms with van der Waals surface area (Å²) in [7, 11) is 12.7. The lowest BCUT2D eigenvalue weighted by atomic mass is 8.77. The molecule has 0 aromatic carbocycles. The predicted octanol–water partition coefficient (Wildman–Crippen LogP) is -0.914. The molecule has 0 aromatic rings. The summed E-state index contributed by atoms with van der Waals surface area (Å²) in [5, 5.41) is 0. The van der Waals surface area contributed by atoms with E-state index in [2.05, 4.69) is 42.7 Å². The van der Waals surface area contributed by atoms with Gasteiger partial charge in [-0.25, -0.2) is 0 Å². The first-order valence-corrected chi connectivity index (χ1v) is 3.73. The van der Waals surface area contributed by atoms with Crippen molar-refractivity contribution >= 4 is 49.1 Å².